The van der Waals surface area contributed by atoms with E-state index in [0.717, 1.165) is 25.0 Å². The molecule has 1 saturated carbocycles. The van der Waals surface area contributed by atoms with Gasteiger partial charge in [0.05, 0.1) is 5.56 Å². The summed E-state index contributed by atoms with van der Waals surface area (Å²) in [4.78, 5) is 1.74. The molecule has 29 heavy (non-hydrogen) atoms. The molecule has 158 valence electrons. The maximum Gasteiger partial charge on any atom is 0.445 e. The zero-order valence-electron chi connectivity index (χ0n) is 14.7. The second kappa shape index (κ2) is 6.92. The molecule has 1 aromatic heterocycles. The van der Waals surface area contributed by atoms with Gasteiger partial charge in [-0.2, -0.15) is 26.3 Å². The minimum Gasteiger partial charge on any atom is -0.504 e. The molecule has 1 aliphatic carbocycles. The molecule has 1 unspecified atom stereocenters. The van der Waals surface area contributed by atoms with Gasteiger partial charge < -0.3 is 14.7 Å². The molecule has 1 aromatic carbocycles. The van der Waals surface area contributed by atoms with E-state index in [0.29, 0.717) is 30.5 Å². The Hall–Kier alpha value is -2.24. The largest absolute Gasteiger partial charge is 0.504 e. The number of anilines is 1. The number of phenols is 1. The van der Waals surface area contributed by atoms with Crippen LogP contribution in [0.25, 0.3) is 0 Å². The summed E-state index contributed by atoms with van der Waals surface area (Å²) in [6.45, 7) is 0.796. The quantitative estimate of drug-likeness (QED) is 0.710. The Morgan fingerprint density at radius 1 is 1.00 bits per heavy atom. The second-order valence-electron chi connectivity index (χ2n) is 7.15. The molecule has 2 fully saturated rings. The lowest BCUT2D eigenvalue weighted by molar-refractivity contribution is -0.138. The van der Waals surface area contributed by atoms with E-state index in [9.17, 15) is 31.4 Å². The number of aromatic nitrogens is 2. The average Bonchev–Trinajstić information content (AvgIpc) is 3.19. The molecule has 5 nitrogen and oxygen atoms in total. The van der Waals surface area contributed by atoms with Crippen molar-refractivity contribution >= 4 is 16.5 Å². The van der Waals surface area contributed by atoms with E-state index in [1.54, 1.807) is 4.90 Å². The SMILES string of the molecule is Oc1cc(C(F)(F)F)ccc1OC1[C@@H]2CC[C@H]1CN(c1nnc(C(F)(F)F)s1)C2. The first-order valence-electron chi connectivity index (χ1n) is 8.75. The van der Waals surface area contributed by atoms with Crippen molar-refractivity contribution in [3.63, 3.8) is 0 Å². The van der Waals surface area contributed by atoms with Gasteiger partial charge in [-0.05, 0) is 31.0 Å². The number of nitrogens with zero attached hydrogens (tertiary/aromatic N) is 3. The van der Waals surface area contributed by atoms with E-state index in [2.05, 4.69) is 10.2 Å². The highest BCUT2D eigenvalue weighted by Gasteiger charge is 2.45. The fourth-order valence-electron chi connectivity index (χ4n) is 3.92. The number of halogens is 6. The number of phenolic OH excluding ortho intramolecular Hbond substituents is 1. The van der Waals surface area contributed by atoms with Crippen LogP contribution in [0.15, 0.2) is 18.2 Å². The van der Waals surface area contributed by atoms with Crippen molar-refractivity contribution < 1.29 is 36.2 Å². The molecule has 12 heteroatoms. The fraction of sp³-hybridized carbons (Fsp3) is 0.529. The van der Waals surface area contributed by atoms with Gasteiger partial charge in [0.1, 0.15) is 6.10 Å². The van der Waals surface area contributed by atoms with E-state index in [4.69, 9.17) is 4.74 Å². The molecule has 0 radical (unpaired) electrons. The van der Waals surface area contributed by atoms with Crippen molar-refractivity contribution in [2.24, 2.45) is 11.8 Å². The Bertz CT molecular complexity index is 886. The van der Waals surface area contributed by atoms with Crippen molar-refractivity contribution in [2.45, 2.75) is 31.3 Å². The number of benzene rings is 1. The Morgan fingerprint density at radius 2 is 1.66 bits per heavy atom. The highest BCUT2D eigenvalue weighted by molar-refractivity contribution is 7.15. The fourth-order valence-corrected chi connectivity index (χ4v) is 4.65. The van der Waals surface area contributed by atoms with Gasteiger partial charge in [-0.1, -0.05) is 11.3 Å². The standard InChI is InChI=1S/C17H15F6N3O2S/c18-16(19,20)10-3-4-12(11(27)5-10)28-13-8-1-2-9(13)7-26(6-8)15-25-24-14(29-15)17(21,22)23/h3-5,8-9,13,27H,1-2,6-7H2/t8-,9+,13?. The molecule has 0 spiro atoms. The van der Waals surface area contributed by atoms with Gasteiger partial charge >= 0.3 is 12.4 Å². The minimum atomic E-state index is -4.57. The number of alkyl halides is 6. The van der Waals surface area contributed by atoms with Crippen LogP contribution in [-0.2, 0) is 12.4 Å². The molecule has 1 saturated heterocycles. The summed E-state index contributed by atoms with van der Waals surface area (Å²) in [5, 5.41) is 16.0. The van der Waals surface area contributed by atoms with E-state index in [1.807, 2.05) is 0 Å². The summed E-state index contributed by atoms with van der Waals surface area (Å²) in [7, 11) is 0. The molecule has 2 aliphatic rings. The Labute approximate surface area is 164 Å². The first kappa shape index (κ1) is 20.0. The van der Waals surface area contributed by atoms with Crippen LogP contribution >= 0.6 is 11.3 Å². The van der Waals surface area contributed by atoms with Crippen LogP contribution in [0.4, 0.5) is 31.5 Å². The van der Waals surface area contributed by atoms with Gasteiger partial charge in [0.25, 0.3) is 0 Å². The highest BCUT2D eigenvalue weighted by Crippen LogP contribution is 2.44. The molecule has 2 aromatic rings. The second-order valence-corrected chi connectivity index (χ2v) is 8.11. The zero-order chi connectivity index (χ0) is 21.0. The molecule has 0 amide bonds. The smallest absolute Gasteiger partial charge is 0.445 e. The minimum absolute atomic E-state index is 0.0383. The van der Waals surface area contributed by atoms with E-state index < -0.39 is 28.7 Å². The predicted octanol–water partition coefficient (Wildman–Crippen LogP) is 4.58. The lowest BCUT2D eigenvalue weighted by atomic mass is 9.95. The molecule has 4 rings (SSSR count). The number of rotatable bonds is 3. The number of fused-ring (bicyclic) bond motifs is 2. The maximum atomic E-state index is 12.8. The average molecular weight is 439 g/mol. The van der Waals surface area contributed by atoms with Gasteiger partial charge in [-0.15, -0.1) is 10.2 Å². The van der Waals surface area contributed by atoms with Crippen molar-refractivity contribution in [1.29, 1.82) is 0 Å². The zero-order valence-corrected chi connectivity index (χ0v) is 15.5. The van der Waals surface area contributed by atoms with Gasteiger partial charge in [-0.25, -0.2) is 0 Å². The number of hydrogen-bond acceptors (Lipinski definition) is 6. The summed E-state index contributed by atoms with van der Waals surface area (Å²) >= 11 is 0.481. The van der Waals surface area contributed by atoms with Crippen molar-refractivity contribution in [1.82, 2.24) is 10.2 Å². The highest BCUT2D eigenvalue weighted by atomic mass is 32.1. The van der Waals surface area contributed by atoms with Crippen LogP contribution in [0.1, 0.15) is 23.4 Å². The number of piperidine rings is 1. The number of ether oxygens (including phenoxy) is 1. The third-order valence-corrected chi connectivity index (χ3v) is 6.25. The molecule has 1 aliphatic heterocycles. The topological polar surface area (TPSA) is 58.5 Å². The van der Waals surface area contributed by atoms with E-state index >= 15 is 0 Å². The molecular formula is C17H15F6N3O2S. The van der Waals surface area contributed by atoms with Gasteiger partial charge in [0, 0.05) is 24.9 Å². The van der Waals surface area contributed by atoms with Crippen LogP contribution in [0.5, 0.6) is 11.5 Å². The molecule has 2 heterocycles. The lowest BCUT2D eigenvalue weighted by Crippen LogP contribution is -2.47. The third-order valence-electron chi connectivity index (χ3n) is 5.22. The van der Waals surface area contributed by atoms with Crippen LogP contribution < -0.4 is 9.64 Å². The van der Waals surface area contributed by atoms with Gasteiger partial charge in [-0.3, -0.25) is 0 Å². The third kappa shape index (κ3) is 3.94. The first-order valence-corrected chi connectivity index (χ1v) is 9.56. The Balaban J connectivity index is 1.47. The van der Waals surface area contributed by atoms with Crippen LogP contribution in [0, 0.1) is 11.8 Å². The Kier molecular flexibility index (Phi) is 4.79. The van der Waals surface area contributed by atoms with Crippen LogP contribution in [0.3, 0.4) is 0 Å². The van der Waals surface area contributed by atoms with E-state index in [-0.39, 0.29) is 28.8 Å². The normalized spacial score (nSPS) is 24.8. The molecule has 3 atom stereocenters. The lowest BCUT2D eigenvalue weighted by Gasteiger charge is -2.37. The maximum absolute atomic E-state index is 12.8. The Morgan fingerprint density at radius 3 is 2.17 bits per heavy atom. The number of aromatic hydroxyl groups is 1. The summed E-state index contributed by atoms with van der Waals surface area (Å²) in [6, 6.07) is 2.54. The molecule has 2 bridgehead atoms. The van der Waals surface area contributed by atoms with Crippen molar-refractivity contribution in [3.05, 3.63) is 28.8 Å². The molecular weight excluding hydrogens is 424 g/mol. The summed E-state index contributed by atoms with van der Waals surface area (Å²) in [5.41, 5.74) is -0.975. The van der Waals surface area contributed by atoms with Crippen LogP contribution in [0.2, 0.25) is 0 Å². The number of hydrogen-bond donors (Lipinski definition) is 1. The van der Waals surface area contributed by atoms with Gasteiger partial charge in [0.2, 0.25) is 10.1 Å². The summed E-state index contributed by atoms with van der Waals surface area (Å²) in [5.74, 6) is -0.730. The molecule has 1 N–H and O–H groups in total. The first-order chi connectivity index (χ1) is 13.5. The van der Waals surface area contributed by atoms with Crippen molar-refractivity contribution in [3.8, 4) is 11.5 Å². The monoisotopic (exact) mass is 439 g/mol. The van der Waals surface area contributed by atoms with Gasteiger partial charge in [0.15, 0.2) is 11.5 Å². The summed E-state index contributed by atoms with van der Waals surface area (Å²) < 4.78 is 82.3. The van der Waals surface area contributed by atoms with Crippen LogP contribution in [-0.4, -0.2) is 34.5 Å². The predicted molar refractivity (Wildman–Crippen MR) is 90.9 cm³/mol. The van der Waals surface area contributed by atoms with E-state index in [1.165, 1.54) is 0 Å². The summed E-state index contributed by atoms with van der Waals surface area (Å²) in [6.07, 6.45) is -7.94. The van der Waals surface area contributed by atoms with Crippen molar-refractivity contribution in [2.75, 3.05) is 18.0 Å².